The van der Waals surface area contributed by atoms with E-state index in [9.17, 15) is 13.2 Å². The molecule has 2 rings (SSSR count). The third-order valence-corrected chi connectivity index (χ3v) is 1.88. The fourth-order valence-electron chi connectivity index (χ4n) is 1.31. The predicted octanol–water partition coefficient (Wildman–Crippen LogP) is 3.16. The summed E-state index contributed by atoms with van der Waals surface area (Å²) in [5.74, 6) is -1.61. The molecule has 1 aromatic rings. The summed E-state index contributed by atoms with van der Waals surface area (Å²) in [6, 6.07) is 4.03. The van der Waals surface area contributed by atoms with Crippen LogP contribution < -0.4 is 0 Å². The van der Waals surface area contributed by atoms with Gasteiger partial charge in [0.2, 0.25) is 0 Å². The summed E-state index contributed by atoms with van der Waals surface area (Å²) < 4.78 is 38.4. The van der Waals surface area contributed by atoms with E-state index in [4.69, 9.17) is 0 Å². The minimum absolute atomic E-state index is 0.185. The standard InChI is InChI=1S/C9H5F3/c10-6-3-1-2-5-4-7(11)9(12)8(5)6/h1-4,9H. The first kappa shape index (κ1) is 7.40. The van der Waals surface area contributed by atoms with Crippen LogP contribution in [-0.4, -0.2) is 0 Å². The van der Waals surface area contributed by atoms with Crippen molar-refractivity contribution in [1.82, 2.24) is 0 Å². The van der Waals surface area contributed by atoms with E-state index >= 15 is 0 Å². The van der Waals surface area contributed by atoms with Crippen molar-refractivity contribution in [2.45, 2.75) is 6.17 Å². The van der Waals surface area contributed by atoms with Crippen molar-refractivity contribution in [3.8, 4) is 0 Å². The average molecular weight is 170 g/mol. The zero-order chi connectivity index (χ0) is 8.72. The van der Waals surface area contributed by atoms with Gasteiger partial charge < -0.3 is 0 Å². The minimum Gasteiger partial charge on any atom is -0.234 e. The van der Waals surface area contributed by atoms with E-state index < -0.39 is 17.8 Å². The summed E-state index contributed by atoms with van der Waals surface area (Å²) in [6.07, 6.45) is -0.899. The average Bonchev–Trinajstić information content (AvgIpc) is 2.29. The molecule has 0 aromatic heterocycles. The molecule has 1 unspecified atom stereocenters. The maximum atomic E-state index is 12.9. The van der Waals surface area contributed by atoms with Gasteiger partial charge in [0.1, 0.15) is 11.6 Å². The van der Waals surface area contributed by atoms with Crippen molar-refractivity contribution in [3.05, 3.63) is 41.0 Å². The number of hydrogen-bond acceptors (Lipinski definition) is 0. The van der Waals surface area contributed by atoms with Crippen LogP contribution in [0.4, 0.5) is 13.2 Å². The smallest absolute Gasteiger partial charge is 0.180 e. The highest BCUT2D eigenvalue weighted by molar-refractivity contribution is 5.63. The lowest BCUT2D eigenvalue weighted by atomic mass is 10.1. The lowest BCUT2D eigenvalue weighted by Gasteiger charge is -2.02. The van der Waals surface area contributed by atoms with Gasteiger partial charge in [0.15, 0.2) is 6.17 Å². The van der Waals surface area contributed by atoms with Gasteiger partial charge in [-0.1, -0.05) is 12.1 Å². The Labute approximate surface area is 67.3 Å². The maximum Gasteiger partial charge on any atom is 0.180 e. The van der Waals surface area contributed by atoms with Gasteiger partial charge in [-0.05, 0) is 17.7 Å². The second kappa shape index (κ2) is 2.37. The molecular formula is C9H5F3. The fraction of sp³-hybridized carbons (Fsp3) is 0.111. The van der Waals surface area contributed by atoms with Crippen molar-refractivity contribution in [1.29, 1.82) is 0 Å². The Morgan fingerprint density at radius 2 is 1.92 bits per heavy atom. The lowest BCUT2D eigenvalue weighted by Crippen LogP contribution is -1.92. The molecule has 0 bridgehead atoms. The third-order valence-electron chi connectivity index (χ3n) is 1.88. The first-order valence-electron chi connectivity index (χ1n) is 3.49. The molecule has 0 aliphatic heterocycles. The van der Waals surface area contributed by atoms with Crippen molar-refractivity contribution in [2.24, 2.45) is 0 Å². The van der Waals surface area contributed by atoms with Gasteiger partial charge in [0, 0.05) is 5.56 Å². The van der Waals surface area contributed by atoms with Gasteiger partial charge in [-0.15, -0.1) is 0 Å². The number of alkyl halides is 1. The summed E-state index contributed by atoms with van der Waals surface area (Å²) in [4.78, 5) is 0. The van der Waals surface area contributed by atoms with E-state index in [0.29, 0.717) is 5.56 Å². The molecule has 0 N–H and O–H groups in total. The first-order chi connectivity index (χ1) is 5.70. The van der Waals surface area contributed by atoms with Crippen LogP contribution in [0.25, 0.3) is 6.08 Å². The van der Waals surface area contributed by atoms with Crippen LogP contribution >= 0.6 is 0 Å². The van der Waals surface area contributed by atoms with Gasteiger partial charge in [-0.3, -0.25) is 0 Å². The Hall–Kier alpha value is -1.25. The molecule has 12 heavy (non-hydrogen) atoms. The van der Waals surface area contributed by atoms with Crippen LogP contribution in [0.2, 0.25) is 0 Å². The molecule has 0 spiro atoms. The topological polar surface area (TPSA) is 0 Å². The molecule has 0 saturated carbocycles. The molecule has 62 valence electrons. The summed E-state index contributed by atoms with van der Waals surface area (Å²) >= 11 is 0. The number of allylic oxidation sites excluding steroid dienone is 1. The maximum absolute atomic E-state index is 12.9. The lowest BCUT2D eigenvalue weighted by molar-refractivity contribution is 0.334. The first-order valence-corrected chi connectivity index (χ1v) is 3.49. The Kier molecular flexibility index (Phi) is 1.46. The van der Waals surface area contributed by atoms with Gasteiger partial charge in [-0.2, -0.15) is 0 Å². The van der Waals surface area contributed by atoms with E-state index in [1.165, 1.54) is 12.1 Å². The summed E-state index contributed by atoms with van der Waals surface area (Å²) in [5.41, 5.74) is 0.106. The molecule has 1 atom stereocenters. The van der Waals surface area contributed by atoms with Crippen molar-refractivity contribution < 1.29 is 13.2 Å². The SMILES string of the molecule is FC1=Cc2cccc(F)c2C1F. The molecule has 3 heteroatoms. The molecule has 0 heterocycles. The van der Waals surface area contributed by atoms with Crippen LogP contribution in [-0.2, 0) is 0 Å². The van der Waals surface area contributed by atoms with Gasteiger partial charge in [0.25, 0.3) is 0 Å². The van der Waals surface area contributed by atoms with E-state index in [2.05, 4.69) is 0 Å². The van der Waals surface area contributed by atoms with Crippen LogP contribution in [0.5, 0.6) is 0 Å². The molecule has 0 nitrogen and oxygen atoms in total. The zero-order valence-corrected chi connectivity index (χ0v) is 6.02. The highest BCUT2D eigenvalue weighted by Crippen LogP contribution is 2.39. The van der Waals surface area contributed by atoms with Crippen LogP contribution in [0, 0.1) is 5.82 Å². The molecule has 1 aliphatic carbocycles. The largest absolute Gasteiger partial charge is 0.234 e. The Morgan fingerprint density at radius 1 is 1.17 bits per heavy atom. The molecule has 1 aromatic carbocycles. The van der Waals surface area contributed by atoms with Crippen molar-refractivity contribution in [3.63, 3.8) is 0 Å². The van der Waals surface area contributed by atoms with Gasteiger partial charge in [0.05, 0.1) is 0 Å². The number of hydrogen-bond donors (Lipinski definition) is 0. The van der Waals surface area contributed by atoms with E-state index in [0.717, 1.165) is 12.1 Å². The van der Waals surface area contributed by atoms with E-state index in [1.807, 2.05) is 0 Å². The molecule has 1 aliphatic rings. The normalized spacial score (nSPS) is 20.6. The monoisotopic (exact) mass is 170 g/mol. The third kappa shape index (κ3) is 0.858. The number of fused-ring (bicyclic) bond motifs is 1. The number of benzene rings is 1. The highest BCUT2D eigenvalue weighted by Gasteiger charge is 2.27. The van der Waals surface area contributed by atoms with Gasteiger partial charge in [-0.25, -0.2) is 13.2 Å². The number of rotatable bonds is 0. The second-order valence-electron chi connectivity index (χ2n) is 2.63. The van der Waals surface area contributed by atoms with Crippen LogP contribution in [0.1, 0.15) is 17.3 Å². The Morgan fingerprint density at radius 3 is 2.58 bits per heavy atom. The summed E-state index contributed by atoms with van der Waals surface area (Å²) in [6.45, 7) is 0. The van der Waals surface area contributed by atoms with E-state index in [-0.39, 0.29) is 5.56 Å². The van der Waals surface area contributed by atoms with Gasteiger partial charge >= 0.3 is 0 Å². The van der Waals surface area contributed by atoms with Crippen molar-refractivity contribution >= 4 is 6.08 Å². The van der Waals surface area contributed by atoms with Crippen LogP contribution in [0.15, 0.2) is 24.0 Å². The molecule has 0 amide bonds. The predicted molar refractivity (Wildman–Crippen MR) is 39.3 cm³/mol. The fourth-order valence-corrected chi connectivity index (χ4v) is 1.31. The Bertz CT molecular complexity index is 355. The Balaban J connectivity index is 2.63. The molecule has 0 fully saturated rings. The number of halogens is 3. The highest BCUT2D eigenvalue weighted by atomic mass is 19.2. The second-order valence-corrected chi connectivity index (χ2v) is 2.63. The quantitative estimate of drug-likeness (QED) is 0.561. The minimum atomic E-state index is -1.92. The van der Waals surface area contributed by atoms with E-state index in [1.54, 1.807) is 0 Å². The van der Waals surface area contributed by atoms with Crippen LogP contribution in [0.3, 0.4) is 0 Å². The summed E-state index contributed by atoms with van der Waals surface area (Å²) in [7, 11) is 0. The molecule has 0 saturated heterocycles. The van der Waals surface area contributed by atoms with Crippen molar-refractivity contribution in [2.75, 3.05) is 0 Å². The summed E-state index contributed by atoms with van der Waals surface area (Å²) in [5, 5.41) is 0. The molecular weight excluding hydrogens is 165 g/mol. The zero-order valence-electron chi connectivity index (χ0n) is 6.02. The molecule has 0 radical (unpaired) electrons.